The summed E-state index contributed by atoms with van der Waals surface area (Å²) < 4.78 is 0. The first kappa shape index (κ1) is 11.3. The normalized spacial score (nSPS) is 26.5. The summed E-state index contributed by atoms with van der Waals surface area (Å²) in [4.78, 5) is 11.9. The Morgan fingerprint density at radius 3 is 3.07 bits per heavy atom. The standard InChI is InChI=1S/C9H10ClNO2S2/c10-5-3-7(15-4-5)8-11-6(9(12)13)1-2-14-8/h3-4,6,8,11H,1-2H2,(H,12,13). The van der Waals surface area contributed by atoms with Crippen molar-refractivity contribution >= 4 is 40.7 Å². The zero-order valence-corrected chi connectivity index (χ0v) is 10.2. The molecule has 1 aromatic rings. The summed E-state index contributed by atoms with van der Waals surface area (Å²) in [6.07, 6.45) is 0.676. The number of rotatable bonds is 2. The molecule has 2 N–H and O–H groups in total. The number of carboxylic acid groups (broad SMARTS) is 1. The Kier molecular flexibility index (Phi) is 3.56. The van der Waals surface area contributed by atoms with Crippen molar-refractivity contribution in [2.24, 2.45) is 0 Å². The Morgan fingerprint density at radius 1 is 1.67 bits per heavy atom. The van der Waals surface area contributed by atoms with E-state index in [2.05, 4.69) is 5.32 Å². The second kappa shape index (κ2) is 4.74. The minimum Gasteiger partial charge on any atom is -0.480 e. The summed E-state index contributed by atoms with van der Waals surface area (Å²) in [6.45, 7) is 0. The maximum atomic E-state index is 10.8. The molecule has 1 fully saturated rings. The average Bonchev–Trinajstić information content (AvgIpc) is 2.65. The van der Waals surface area contributed by atoms with Gasteiger partial charge >= 0.3 is 5.97 Å². The van der Waals surface area contributed by atoms with Gasteiger partial charge in [-0.05, 0) is 18.2 Å². The van der Waals surface area contributed by atoms with Crippen LogP contribution < -0.4 is 5.32 Å². The predicted molar refractivity (Wildman–Crippen MR) is 63.7 cm³/mol. The van der Waals surface area contributed by atoms with Gasteiger partial charge in [0.1, 0.15) is 6.04 Å². The molecule has 2 atom stereocenters. The van der Waals surface area contributed by atoms with Crippen molar-refractivity contribution in [2.45, 2.75) is 17.8 Å². The fourth-order valence-electron chi connectivity index (χ4n) is 1.44. The first-order chi connectivity index (χ1) is 7.16. The van der Waals surface area contributed by atoms with Gasteiger partial charge in [-0.3, -0.25) is 10.1 Å². The molecule has 1 aromatic heterocycles. The van der Waals surface area contributed by atoms with Crippen molar-refractivity contribution in [3.8, 4) is 0 Å². The summed E-state index contributed by atoms with van der Waals surface area (Å²) >= 11 is 9.13. The van der Waals surface area contributed by atoms with Gasteiger partial charge in [0.2, 0.25) is 0 Å². The number of halogens is 1. The third kappa shape index (κ3) is 2.66. The van der Waals surface area contributed by atoms with E-state index in [0.29, 0.717) is 6.42 Å². The average molecular weight is 264 g/mol. The highest BCUT2D eigenvalue weighted by molar-refractivity contribution is 7.99. The van der Waals surface area contributed by atoms with Gasteiger partial charge in [0.05, 0.1) is 10.4 Å². The molecule has 0 saturated carbocycles. The van der Waals surface area contributed by atoms with Gasteiger partial charge in [0, 0.05) is 10.3 Å². The van der Waals surface area contributed by atoms with Gasteiger partial charge in [-0.25, -0.2) is 0 Å². The highest BCUT2D eigenvalue weighted by atomic mass is 35.5. The van der Waals surface area contributed by atoms with Crippen LogP contribution in [-0.4, -0.2) is 22.9 Å². The Bertz CT molecular complexity index is 369. The molecule has 6 heteroatoms. The van der Waals surface area contributed by atoms with E-state index in [1.807, 2.05) is 11.4 Å². The summed E-state index contributed by atoms with van der Waals surface area (Å²) in [7, 11) is 0. The largest absolute Gasteiger partial charge is 0.480 e. The lowest BCUT2D eigenvalue weighted by atomic mass is 10.2. The van der Waals surface area contributed by atoms with Crippen molar-refractivity contribution < 1.29 is 9.90 Å². The molecule has 82 valence electrons. The van der Waals surface area contributed by atoms with Gasteiger partial charge in [-0.2, -0.15) is 0 Å². The second-order valence-electron chi connectivity index (χ2n) is 3.26. The number of thiophene rings is 1. The fraction of sp³-hybridized carbons (Fsp3) is 0.444. The molecule has 1 aliphatic rings. The van der Waals surface area contributed by atoms with Crippen LogP contribution in [0.25, 0.3) is 0 Å². The summed E-state index contributed by atoms with van der Waals surface area (Å²) in [5.74, 6) is 0.0902. The van der Waals surface area contributed by atoms with E-state index in [0.717, 1.165) is 15.7 Å². The van der Waals surface area contributed by atoms with E-state index in [4.69, 9.17) is 16.7 Å². The second-order valence-corrected chi connectivity index (χ2v) is 5.86. The third-order valence-corrected chi connectivity index (χ3v) is 4.88. The number of hydrogen-bond acceptors (Lipinski definition) is 4. The van der Waals surface area contributed by atoms with Gasteiger partial charge in [-0.15, -0.1) is 23.1 Å². The molecule has 0 amide bonds. The van der Waals surface area contributed by atoms with Crippen LogP contribution in [-0.2, 0) is 4.79 Å². The molecule has 1 aliphatic heterocycles. The maximum Gasteiger partial charge on any atom is 0.320 e. The van der Waals surface area contributed by atoms with Crippen LogP contribution in [0, 0.1) is 0 Å². The molecular formula is C9H10ClNO2S2. The van der Waals surface area contributed by atoms with Crippen LogP contribution in [0.4, 0.5) is 0 Å². The lowest BCUT2D eigenvalue weighted by molar-refractivity contribution is -0.139. The molecule has 0 radical (unpaired) electrons. The third-order valence-electron chi connectivity index (χ3n) is 2.19. The topological polar surface area (TPSA) is 49.3 Å². The van der Waals surface area contributed by atoms with E-state index in [9.17, 15) is 4.79 Å². The molecule has 3 nitrogen and oxygen atoms in total. The zero-order valence-electron chi connectivity index (χ0n) is 7.77. The van der Waals surface area contributed by atoms with Crippen LogP contribution in [0.1, 0.15) is 16.7 Å². The van der Waals surface area contributed by atoms with Crippen LogP contribution in [0.2, 0.25) is 5.02 Å². The summed E-state index contributed by atoms with van der Waals surface area (Å²) in [5, 5.41) is 14.7. The van der Waals surface area contributed by atoms with Gasteiger partial charge < -0.3 is 5.11 Å². The van der Waals surface area contributed by atoms with E-state index >= 15 is 0 Å². The Morgan fingerprint density at radius 2 is 2.47 bits per heavy atom. The van der Waals surface area contributed by atoms with Crippen molar-refractivity contribution in [1.29, 1.82) is 0 Å². The maximum absolute atomic E-state index is 10.8. The van der Waals surface area contributed by atoms with Crippen LogP contribution in [0.15, 0.2) is 11.4 Å². The van der Waals surface area contributed by atoms with Crippen molar-refractivity contribution in [1.82, 2.24) is 5.32 Å². The highest BCUT2D eigenvalue weighted by Gasteiger charge is 2.27. The molecule has 2 unspecified atom stereocenters. The van der Waals surface area contributed by atoms with Gasteiger partial charge in [-0.1, -0.05) is 11.6 Å². The molecule has 15 heavy (non-hydrogen) atoms. The van der Waals surface area contributed by atoms with E-state index in [1.54, 1.807) is 23.1 Å². The van der Waals surface area contributed by atoms with E-state index in [-0.39, 0.29) is 5.37 Å². The lowest BCUT2D eigenvalue weighted by Crippen LogP contribution is -2.41. The molecule has 0 spiro atoms. The Hall–Kier alpha value is -0.230. The monoisotopic (exact) mass is 263 g/mol. The van der Waals surface area contributed by atoms with Gasteiger partial charge in [0.25, 0.3) is 0 Å². The van der Waals surface area contributed by atoms with Crippen LogP contribution in [0.3, 0.4) is 0 Å². The molecule has 2 rings (SSSR count). The van der Waals surface area contributed by atoms with Crippen LogP contribution >= 0.6 is 34.7 Å². The van der Waals surface area contributed by atoms with Gasteiger partial charge in [0.15, 0.2) is 0 Å². The van der Waals surface area contributed by atoms with Crippen molar-refractivity contribution in [2.75, 3.05) is 5.75 Å². The molecule has 2 heterocycles. The SMILES string of the molecule is O=C(O)C1CCSC(c2cc(Cl)cs2)N1. The number of nitrogens with one attached hydrogen (secondary N) is 1. The quantitative estimate of drug-likeness (QED) is 0.861. The smallest absolute Gasteiger partial charge is 0.320 e. The molecule has 0 aromatic carbocycles. The Balaban J connectivity index is 2.07. The molecule has 0 bridgehead atoms. The summed E-state index contributed by atoms with van der Waals surface area (Å²) in [5.41, 5.74) is 0. The van der Waals surface area contributed by atoms with Crippen LogP contribution in [0.5, 0.6) is 0 Å². The zero-order chi connectivity index (χ0) is 10.8. The Labute approximate surface area is 101 Å². The molecule has 1 saturated heterocycles. The summed E-state index contributed by atoms with van der Waals surface area (Å²) in [6, 6.07) is 1.46. The fourth-order valence-corrected chi connectivity index (χ4v) is 3.93. The lowest BCUT2D eigenvalue weighted by Gasteiger charge is -2.27. The number of aliphatic carboxylic acids is 1. The number of thioether (sulfide) groups is 1. The number of hydrogen-bond donors (Lipinski definition) is 2. The van der Waals surface area contributed by atoms with Crippen molar-refractivity contribution in [3.05, 3.63) is 21.3 Å². The van der Waals surface area contributed by atoms with E-state index in [1.165, 1.54) is 0 Å². The minimum atomic E-state index is -0.775. The van der Waals surface area contributed by atoms with Crippen molar-refractivity contribution in [3.63, 3.8) is 0 Å². The number of carbonyl (C=O) groups is 1. The highest BCUT2D eigenvalue weighted by Crippen LogP contribution is 2.36. The number of carboxylic acids is 1. The minimum absolute atomic E-state index is 0.0670. The first-order valence-electron chi connectivity index (χ1n) is 4.51. The predicted octanol–water partition coefficient (Wildman–Crippen LogP) is 2.58. The van der Waals surface area contributed by atoms with E-state index < -0.39 is 12.0 Å². The first-order valence-corrected chi connectivity index (χ1v) is 6.82. The molecule has 0 aliphatic carbocycles. The molecular weight excluding hydrogens is 254 g/mol.